The Balaban J connectivity index is 3.08. The van der Waals surface area contributed by atoms with Crippen LogP contribution in [0.25, 0.3) is 0 Å². The quantitative estimate of drug-likeness (QED) is 0.626. The lowest BCUT2D eigenvalue weighted by molar-refractivity contribution is 0.507. The van der Waals surface area contributed by atoms with Gasteiger partial charge in [-0.2, -0.15) is 0 Å². The molecule has 0 nitrogen and oxygen atoms in total. The molecule has 0 heterocycles. The Labute approximate surface area is 75.2 Å². The maximum absolute atomic E-state index is 12.8. The highest BCUT2D eigenvalue weighted by atomic mass is 35.5. The maximum Gasteiger partial charge on any atom is 0.177 e. The minimum Gasteiger partial charge on any atom is -0.204 e. The first-order valence-corrected chi connectivity index (χ1v) is 4.17. The molecule has 0 bridgehead atoms. The smallest absolute Gasteiger partial charge is 0.177 e. The first-order chi connectivity index (χ1) is 5.66. The molecule has 0 unspecified atom stereocenters. The molecule has 0 aromatic heterocycles. The standard InChI is InChI=1S/C9H9ClF2/c1-2-3-6-4-5-7(11)9(12)8(6)10/h4-5H,2-3H2,1H3. The summed E-state index contributed by atoms with van der Waals surface area (Å²) in [7, 11) is 0. The van der Waals surface area contributed by atoms with Gasteiger partial charge in [0.25, 0.3) is 0 Å². The van der Waals surface area contributed by atoms with Crippen LogP contribution in [0.5, 0.6) is 0 Å². The summed E-state index contributed by atoms with van der Waals surface area (Å²) in [5, 5.41) is -0.0862. The molecule has 0 aliphatic carbocycles. The van der Waals surface area contributed by atoms with E-state index in [1.807, 2.05) is 6.92 Å². The SMILES string of the molecule is CCCc1ccc(F)c(F)c1Cl. The Morgan fingerprint density at radius 2 is 2.00 bits per heavy atom. The Hall–Kier alpha value is -0.630. The molecule has 0 amide bonds. The van der Waals surface area contributed by atoms with Crippen molar-refractivity contribution in [1.82, 2.24) is 0 Å². The van der Waals surface area contributed by atoms with Crippen molar-refractivity contribution in [2.24, 2.45) is 0 Å². The highest BCUT2D eigenvalue weighted by Gasteiger charge is 2.09. The molecule has 0 saturated heterocycles. The van der Waals surface area contributed by atoms with Gasteiger partial charge in [0.1, 0.15) is 0 Å². The number of hydrogen-bond donors (Lipinski definition) is 0. The largest absolute Gasteiger partial charge is 0.204 e. The summed E-state index contributed by atoms with van der Waals surface area (Å²) in [6.07, 6.45) is 1.54. The van der Waals surface area contributed by atoms with Gasteiger partial charge in [0.15, 0.2) is 11.6 Å². The average molecular weight is 191 g/mol. The lowest BCUT2D eigenvalue weighted by atomic mass is 10.1. The lowest BCUT2D eigenvalue weighted by Gasteiger charge is -2.03. The van der Waals surface area contributed by atoms with Crippen LogP contribution in [0.4, 0.5) is 8.78 Å². The predicted octanol–water partition coefficient (Wildman–Crippen LogP) is 3.57. The van der Waals surface area contributed by atoms with Crippen molar-refractivity contribution in [3.63, 3.8) is 0 Å². The van der Waals surface area contributed by atoms with Gasteiger partial charge in [-0.1, -0.05) is 31.0 Å². The maximum atomic E-state index is 12.8. The summed E-state index contributed by atoms with van der Waals surface area (Å²) in [6.45, 7) is 1.96. The molecular formula is C9H9ClF2. The van der Waals surface area contributed by atoms with E-state index in [2.05, 4.69) is 0 Å². The summed E-state index contributed by atoms with van der Waals surface area (Å²) in [5.74, 6) is -1.83. The highest BCUT2D eigenvalue weighted by molar-refractivity contribution is 6.31. The number of benzene rings is 1. The molecule has 1 aromatic carbocycles. The van der Waals surface area contributed by atoms with Crippen LogP contribution >= 0.6 is 11.6 Å². The first-order valence-electron chi connectivity index (χ1n) is 3.79. The monoisotopic (exact) mass is 190 g/mol. The summed E-state index contributed by atoms with van der Waals surface area (Å²) in [5.41, 5.74) is 0.665. The van der Waals surface area contributed by atoms with E-state index in [9.17, 15) is 8.78 Å². The molecule has 0 aliphatic rings. The number of aryl methyl sites for hydroxylation is 1. The van der Waals surface area contributed by atoms with Crippen molar-refractivity contribution in [3.8, 4) is 0 Å². The summed E-state index contributed by atoms with van der Waals surface area (Å²) in [6, 6.07) is 2.62. The van der Waals surface area contributed by atoms with Gasteiger partial charge in [-0.05, 0) is 18.1 Å². The molecule has 3 heteroatoms. The van der Waals surface area contributed by atoms with Crippen LogP contribution in [-0.2, 0) is 6.42 Å². The van der Waals surface area contributed by atoms with Crippen LogP contribution in [0.2, 0.25) is 5.02 Å². The van der Waals surface area contributed by atoms with Crippen LogP contribution in [-0.4, -0.2) is 0 Å². The molecule has 1 rings (SSSR count). The fourth-order valence-corrected chi connectivity index (χ4v) is 1.28. The number of hydrogen-bond acceptors (Lipinski definition) is 0. The fourth-order valence-electron chi connectivity index (χ4n) is 1.03. The van der Waals surface area contributed by atoms with Gasteiger partial charge in [-0.3, -0.25) is 0 Å². The second-order valence-corrected chi connectivity index (χ2v) is 2.96. The van der Waals surface area contributed by atoms with E-state index in [1.54, 1.807) is 0 Å². The second-order valence-electron chi connectivity index (χ2n) is 2.58. The predicted molar refractivity (Wildman–Crippen MR) is 45.4 cm³/mol. The van der Waals surface area contributed by atoms with E-state index in [0.29, 0.717) is 12.0 Å². The van der Waals surface area contributed by atoms with Crippen molar-refractivity contribution < 1.29 is 8.78 Å². The van der Waals surface area contributed by atoms with Gasteiger partial charge in [-0.25, -0.2) is 8.78 Å². The van der Waals surface area contributed by atoms with E-state index in [4.69, 9.17) is 11.6 Å². The number of halogens is 3. The Kier molecular flexibility index (Phi) is 3.04. The highest BCUT2D eigenvalue weighted by Crippen LogP contribution is 2.23. The minimum absolute atomic E-state index is 0.0862. The van der Waals surface area contributed by atoms with Gasteiger partial charge >= 0.3 is 0 Å². The molecule has 66 valence electrons. The van der Waals surface area contributed by atoms with Crippen molar-refractivity contribution in [2.75, 3.05) is 0 Å². The zero-order chi connectivity index (χ0) is 9.14. The molecule has 0 spiro atoms. The molecular weight excluding hydrogens is 182 g/mol. The lowest BCUT2D eigenvalue weighted by Crippen LogP contribution is -1.91. The van der Waals surface area contributed by atoms with Gasteiger partial charge in [0, 0.05) is 0 Å². The third-order valence-corrected chi connectivity index (χ3v) is 2.04. The topological polar surface area (TPSA) is 0 Å². The van der Waals surface area contributed by atoms with Crippen molar-refractivity contribution in [2.45, 2.75) is 19.8 Å². The van der Waals surface area contributed by atoms with E-state index in [1.165, 1.54) is 6.07 Å². The van der Waals surface area contributed by atoms with Crippen LogP contribution in [0.15, 0.2) is 12.1 Å². The number of rotatable bonds is 2. The van der Waals surface area contributed by atoms with Crippen molar-refractivity contribution in [3.05, 3.63) is 34.4 Å². The normalized spacial score (nSPS) is 10.3. The van der Waals surface area contributed by atoms with E-state index in [0.717, 1.165) is 12.5 Å². The average Bonchev–Trinajstić information content (AvgIpc) is 2.07. The first kappa shape index (κ1) is 9.46. The van der Waals surface area contributed by atoms with Gasteiger partial charge in [0.2, 0.25) is 0 Å². The van der Waals surface area contributed by atoms with E-state index in [-0.39, 0.29) is 5.02 Å². The molecule has 0 aliphatic heterocycles. The molecule has 0 N–H and O–H groups in total. The van der Waals surface area contributed by atoms with Crippen LogP contribution in [0, 0.1) is 11.6 Å². The zero-order valence-electron chi connectivity index (χ0n) is 6.70. The van der Waals surface area contributed by atoms with Crippen LogP contribution < -0.4 is 0 Å². The third-order valence-electron chi connectivity index (χ3n) is 1.63. The Morgan fingerprint density at radius 3 is 2.58 bits per heavy atom. The Bertz CT molecular complexity index is 284. The van der Waals surface area contributed by atoms with Crippen LogP contribution in [0.1, 0.15) is 18.9 Å². The second kappa shape index (κ2) is 3.85. The molecule has 1 aromatic rings. The van der Waals surface area contributed by atoms with E-state index < -0.39 is 11.6 Å². The minimum atomic E-state index is -0.942. The Morgan fingerprint density at radius 1 is 1.33 bits per heavy atom. The molecule has 0 saturated carbocycles. The summed E-state index contributed by atoms with van der Waals surface area (Å²) in [4.78, 5) is 0. The third kappa shape index (κ3) is 1.75. The van der Waals surface area contributed by atoms with Gasteiger partial charge < -0.3 is 0 Å². The molecule has 0 radical (unpaired) electrons. The fraction of sp³-hybridized carbons (Fsp3) is 0.333. The van der Waals surface area contributed by atoms with Crippen molar-refractivity contribution >= 4 is 11.6 Å². The van der Waals surface area contributed by atoms with Crippen LogP contribution in [0.3, 0.4) is 0 Å². The van der Waals surface area contributed by atoms with Crippen molar-refractivity contribution in [1.29, 1.82) is 0 Å². The van der Waals surface area contributed by atoms with Gasteiger partial charge in [-0.15, -0.1) is 0 Å². The molecule has 0 atom stereocenters. The van der Waals surface area contributed by atoms with Gasteiger partial charge in [0.05, 0.1) is 5.02 Å². The van der Waals surface area contributed by atoms with E-state index >= 15 is 0 Å². The molecule has 12 heavy (non-hydrogen) atoms. The molecule has 0 fully saturated rings. The summed E-state index contributed by atoms with van der Waals surface area (Å²) >= 11 is 5.56. The zero-order valence-corrected chi connectivity index (χ0v) is 7.46. The summed E-state index contributed by atoms with van der Waals surface area (Å²) < 4.78 is 25.3.